The molecule has 0 aromatic heterocycles. The third kappa shape index (κ3) is 4.11. The highest BCUT2D eigenvalue weighted by Crippen LogP contribution is 2.18. The monoisotopic (exact) mass is 310 g/mol. The number of benzene rings is 1. The molecule has 1 saturated heterocycles. The summed E-state index contributed by atoms with van der Waals surface area (Å²) in [6.45, 7) is 1.39. The van der Waals surface area contributed by atoms with Crippen LogP contribution >= 0.6 is 11.6 Å². The van der Waals surface area contributed by atoms with E-state index < -0.39 is 11.9 Å². The summed E-state index contributed by atoms with van der Waals surface area (Å²) in [5.74, 6) is -1.28. The number of hydrogen-bond acceptors (Lipinski definition) is 2. The molecule has 21 heavy (non-hydrogen) atoms. The van der Waals surface area contributed by atoms with Crippen LogP contribution in [0.15, 0.2) is 24.3 Å². The second-order valence-corrected chi connectivity index (χ2v) is 5.82. The lowest BCUT2D eigenvalue weighted by atomic mass is 9.99. The van der Waals surface area contributed by atoms with Crippen LogP contribution in [0.3, 0.4) is 0 Å². The number of amides is 2. The lowest BCUT2D eigenvalue weighted by molar-refractivity contribution is -0.143. The van der Waals surface area contributed by atoms with Crippen LogP contribution in [0.5, 0.6) is 0 Å². The molecule has 1 atom stereocenters. The molecule has 114 valence electrons. The first kappa shape index (κ1) is 15.6. The van der Waals surface area contributed by atoms with Crippen molar-refractivity contribution in [2.45, 2.75) is 19.4 Å². The van der Waals surface area contributed by atoms with E-state index in [1.165, 1.54) is 0 Å². The third-order valence-corrected chi connectivity index (χ3v) is 3.95. The van der Waals surface area contributed by atoms with Gasteiger partial charge < -0.3 is 14.9 Å². The smallest absolute Gasteiger partial charge is 0.320 e. The van der Waals surface area contributed by atoms with Gasteiger partial charge >= 0.3 is 12.0 Å². The molecule has 0 bridgehead atoms. The number of carbonyl (C=O) groups excluding carboxylic acids is 1. The van der Waals surface area contributed by atoms with E-state index in [4.69, 9.17) is 16.7 Å². The van der Waals surface area contributed by atoms with Gasteiger partial charge in [0, 0.05) is 31.7 Å². The fourth-order valence-corrected chi connectivity index (χ4v) is 2.65. The van der Waals surface area contributed by atoms with Crippen molar-refractivity contribution in [3.63, 3.8) is 0 Å². The van der Waals surface area contributed by atoms with Crippen LogP contribution in [-0.2, 0) is 11.3 Å². The summed E-state index contributed by atoms with van der Waals surface area (Å²) in [7, 11) is 1.72. The normalized spacial score (nSPS) is 18.4. The van der Waals surface area contributed by atoms with E-state index in [0.29, 0.717) is 31.1 Å². The van der Waals surface area contributed by atoms with Gasteiger partial charge in [0.2, 0.25) is 0 Å². The zero-order valence-corrected chi connectivity index (χ0v) is 12.7. The second-order valence-electron chi connectivity index (χ2n) is 5.39. The molecular weight excluding hydrogens is 292 g/mol. The minimum absolute atomic E-state index is 0.129. The molecule has 2 amide bonds. The number of carboxylic acid groups (broad SMARTS) is 1. The topological polar surface area (TPSA) is 60.9 Å². The van der Waals surface area contributed by atoms with E-state index in [2.05, 4.69) is 0 Å². The molecule has 5 nitrogen and oxygen atoms in total. The van der Waals surface area contributed by atoms with Crippen LogP contribution < -0.4 is 0 Å². The Kier molecular flexibility index (Phi) is 5.07. The zero-order chi connectivity index (χ0) is 15.4. The van der Waals surface area contributed by atoms with Crippen LogP contribution in [0.2, 0.25) is 5.02 Å². The molecule has 1 aliphatic heterocycles. The highest BCUT2D eigenvalue weighted by molar-refractivity contribution is 6.30. The molecule has 1 N–H and O–H groups in total. The van der Waals surface area contributed by atoms with Crippen LogP contribution in [0, 0.1) is 5.92 Å². The Balaban J connectivity index is 1.95. The number of nitrogens with zero attached hydrogens (tertiary/aromatic N) is 2. The Hall–Kier alpha value is -1.75. The van der Waals surface area contributed by atoms with Gasteiger partial charge in [-0.05, 0) is 30.5 Å². The van der Waals surface area contributed by atoms with E-state index >= 15 is 0 Å². The van der Waals surface area contributed by atoms with Gasteiger partial charge in [-0.15, -0.1) is 0 Å². The lowest BCUT2D eigenvalue weighted by Crippen LogP contribution is -2.47. The molecule has 0 aliphatic carbocycles. The Bertz CT molecular complexity index is 518. The molecule has 1 heterocycles. The van der Waals surface area contributed by atoms with Crippen molar-refractivity contribution in [1.82, 2.24) is 9.80 Å². The molecule has 0 unspecified atom stereocenters. The Morgan fingerprint density at radius 2 is 2.05 bits per heavy atom. The summed E-state index contributed by atoms with van der Waals surface area (Å²) >= 11 is 5.83. The minimum Gasteiger partial charge on any atom is -0.481 e. The maximum Gasteiger partial charge on any atom is 0.320 e. The quantitative estimate of drug-likeness (QED) is 0.933. The molecule has 0 spiro atoms. The maximum atomic E-state index is 12.4. The van der Waals surface area contributed by atoms with E-state index in [1.54, 1.807) is 29.0 Å². The van der Waals surface area contributed by atoms with E-state index in [1.807, 2.05) is 12.1 Å². The Morgan fingerprint density at radius 1 is 1.38 bits per heavy atom. The van der Waals surface area contributed by atoms with Crippen molar-refractivity contribution in [1.29, 1.82) is 0 Å². The van der Waals surface area contributed by atoms with Crippen LogP contribution in [0.4, 0.5) is 4.79 Å². The van der Waals surface area contributed by atoms with Crippen molar-refractivity contribution in [2.24, 2.45) is 5.92 Å². The summed E-state index contributed by atoms with van der Waals surface area (Å²) in [6.07, 6.45) is 1.37. The number of likely N-dealkylation sites (tertiary alicyclic amines) is 1. The van der Waals surface area contributed by atoms with Gasteiger partial charge in [-0.1, -0.05) is 23.7 Å². The molecular formula is C15H19ClN2O3. The van der Waals surface area contributed by atoms with Gasteiger partial charge in [-0.3, -0.25) is 4.79 Å². The van der Waals surface area contributed by atoms with Gasteiger partial charge in [0.15, 0.2) is 0 Å². The van der Waals surface area contributed by atoms with Crippen molar-refractivity contribution in [2.75, 3.05) is 20.1 Å². The molecule has 6 heteroatoms. The van der Waals surface area contributed by atoms with Gasteiger partial charge in [0.25, 0.3) is 0 Å². The molecule has 1 aromatic rings. The number of urea groups is 1. The maximum absolute atomic E-state index is 12.4. The Morgan fingerprint density at radius 3 is 2.67 bits per heavy atom. The van der Waals surface area contributed by atoms with Crippen molar-refractivity contribution in [3.8, 4) is 0 Å². The summed E-state index contributed by atoms with van der Waals surface area (Å²) in [4.78, 5) is 26.6. The Labute approximate surface area is 129 Å². The largest absolute Gasteiger partial charge is 0.481 e. The predicted octanol–water partition coefficient (Wildman–Crippen LogP) is 2.69. The van der Waals surface area contributed by atoms with Gasteiger partial charge in [0.1, 0.15) is 0 Å². The predicted molar refractivity (Wildman–Crippen MR) is 80.2 cm³/mol. The number of aliphatic carboxylic acids is 1. The molecule has 0 saturated carbocycles. The number of halogens is 1. The van der Waals surface area contributed by atoms with Crippen LogP contribution in [0.25, 0.3) is 0 Å². The molecule has 0 radical (unpaired) electrons. The highest BCUT2D eigenvalue weighted by atomic mass is 35.5. The summed E-state index contributed by atoms with van der Waals surface area (Å²) in [5.41, 5.74) is 0.988. The summed E-state index contributed by atoms with van der Waals surface area (Å²) in [5, 5.41) is 9.73. The first-order valence-electron chi connectivity index (χ1n) is 6.94. The summed E-state index contributed by atoms with van der Waals surface area (Å²) < 4.78 is 0. The van der Waals surface area contributed by atoms with Crippen molar-refractivity contribution >= 4 is 23.6 Å². The fourth-order valence-electron chi connectivity index (χ4n) is 2.53. The highest BCUT2D eigenvalue weighted by Gasteiger charge is 2.29. The fraction of sp³-hybridized carbons (Fsp3) is 0.467. The van der Waals surface area contributed by atoms with Crippen molar-refractivity contribution in [3.05, 3.63) is 34.9 Å². The summed E-state index contributed by atoms with van der Waals surface area (Å²) in [6, 6.07) is 7.20. The van der Waals surface area contributed by atoms with Crippen LogP contribution in [-0.4, -0.2) is 47.0 Å². The average Bonchev–Trinajstić information content (AvgIpc) is 2.49. The average molecular weight is 311 g/mol. The number of piperidine rings is 1. The molecule has 1 aromatic carbocycles. The molecule has 1 aliphatic rings. The van der Waals surface area contributed by atoms with E-state index in [-0.39, 0.29) is 6.03 Å². The number of hydrogen-bond donors (Lipinski definition) is 1. The second kappa shape index (κ2) is 6.80. The number of carbonyl (C=O) groups is 2. The van der Waals surface area contributed by atoms with Gasteiger partial charge in [-0.2, -0.15) is 0 Å². The van der Waals surface area contributed by atoms with E-state index in [0.717, 1.165) is 12.0 Å². The van der Waals surface area contributed by atoms with Crippen molar-refractivity contribution < 1.29 is 14.7 Å². The van der Waals surface area contributed by atoms with Gasteiger partial charge in [-0.25, -0.2) is 4.79 Å². The van der Waals surface area contributed by atoms with Crippen LogP contribution in [0.1, 0.15) is 18.4 Å². The molecule has 2 rings (SSSR count). The number of carboxylic acids is 1. The van der Waals surface area contributed by atoms with Gasteiger partial charge in [0.05, 0.1) is 5.92 Å². The molecule has 1 fully saturated rings. The third-order valence-electron chi connectivity index (χ3n) is 3.70. The standard InChI is InChI=1S/C15H19ClN2O3/c1-17(9-11-4-6-13(16)7-5-11)15(21)18-8-2-3-12(10-18)14(19)20/h4-7,12H,2-3,8-10H2,1H3,(H,19,20)/t12-/m1/s1. The SMILES string of the molecule is CN(Cc1ccc(Cl)cc1)C(=O)N1CCC[C@@H](C(=O)O)C1. The minimum atomic E-state index is -0.826. The van der Waals surface area contributed by atoms with E-state index in [9.17, 15) is 9.59 Å². The first-order valence-corrected chi connectivity index (χ1v) is 7.32. The number of rotatable bonds is 3. The zero-order valence-electron chi connectivity index (χ0n) is 12.0. The lowest BCUT2D eigenvalue weighted by Gasteiger charge is -2.33. The first-order chi connectivity index (χ1) is 9.97.